The lowest BCUT2D eigenvalue weighted by Gasteiger charge is -2.34. The van der Waals surface area contributed by atoms with Gasteiger partial charge in [-0.1, -0.05) is 18.2 Å². The second-order valence-corrected chi connectivity index (χ2v) is 6.06. The number of aromatic nitrogens is 1. The van der Waals surface area contributed by atoms with Gasteiger partial charge >= 0.3 is 6.03 Å². The van der Waals surface area contributed by atoms with Gasteiger partial charge in [-0.05, 0) is 12.1 Å². The van der Waals surface area contributed by atoms with Gasteiger partial charge in [-0.15, -0.1) is 11.3 Å². The zero-order valence-electron chi connectivity index (χ0n) is 12.9. The Labute approximate surface area is 139 Å². The third-order valence-electron chi connectivity index (χ3n) is 3.65. The SMILES string of the molecule is O=C(NCCOc1ccccc1)N1CCN(c2nccs2)CC1. The van der Waals surface area contributed by atoms with E-state index in [0.717, 1.165) is 24.0 Å². The van der Waals surface area contributed by atoms with Crippen molar-refractivity contribution in [2.24, 2.45) is 0 Å². The molecule has 1 aliphatic rings. The van der Waals surface area contributed by atoms with Gasteiger partial charge in [0, 0.05) is 37.8 Å². The van der Waals surface area contributed by atoms with Crippen LogP contribution in [0.4, 0.5) is 9.93 Å². The van der Waals surface area contributed by atoms with Gasteiger partial charge in [-0.2, -0.15) is 0 Å². The number of thiazole rings is 1. The van der Waals surface area contributed by atoms with E-state index in [-0.39, 0.29) is 6.03 Å². The number of nitrogens with zero attached hydrogens (tertiary/aromatic N) is 3. The maximum absolute atomic E-state index is 12.1. The molecule has 1 fully saturated rings. The van der Waals surface area contributed by atoms with Crippen LogP contribution in [0.25, 0.3) is 0 Å². The summed E-state index contributed by atoms with van der Waals surface area (Å²) in [6.07, 6.45) is 1.81. The van der Waals surface area contributed by atoms with E-state index in [1.807, 2.05) is 46.8 Å². The van der Waals surface area contributed by atoms with E-state index in [9.17, 15) is 4.79 Å². The number of hydrogen-bond donors (Lipinski definition) is 1. The lowest BCUT2D eigenvalue weighted by atomic mass is 10.3. The minimum absolute atomic E-state index is 0.0274. The summed E-state index contributed by atoms with van der Waals surface area (Å²) < 4.78 is 5.56. The summed E-state index contributed by atoms with van der Waals surface area (Å²) in [6.45, 7) is 4.04. The van der Waals surface area contributed by atoms with E-state index in [1.54, 1.807) is 11.3 Å². The molecule has 1 saturated heterocycles. The van der Waals surface area contributed by atoms with Crippen LogP contribution in [0.15, 0.2) is 41.9 Å². The molecule has 1 N–H and O–H groups in total. The lowest BCUT2D eigenvalue weighted by Crippen LogP contribution is -2.52. The topological polar surface area (TPSA) is 57.7 Å². The van der Waals surface area contributed by atoms with Crippen molar-refractivity contribution >= 4 is 22.5 Å². The van der Waals surface area contributed by atoms with E-state index < -0.39 is 0 Å². The van der Waals surface area contributed by atoms with Crippen molar-refractivity contribution in [3.05, 3.63) is 41.9 Å². The summed E-state index contributed by atoms with van der Waals surface area (Å²) in [4.78, 5) is 20.5. The minimum Gasteiger partial charge on any atom is -0.492 e. The number of hydrogen-bond acceptors (Lipinski definition) is 5. The van der Waals surface area contributed by atoms with Crippen molar-refractivity contribution in [1.29, 1.82) is 0 Å². The fraction of sp³-hybridized carbons (Fsp3) is 0.375. The molecule has 7 heteroatoms. The lowest BCUT2D eigenvalue weighted by molar-refractivity contribution is 0.191. The monoisotopic (exact) mass is 332 g/mol. The maximum atomic E-state index is 12.1. The van der Waals surface area contributed by atoms with Crippen molar-refractivity contribution < 1.29 is 9.53 Å². The normalized spacial score (nSPS) is 14.6. The molecular weight excluding hydrogens is 312 g/mol. The van der Waals surface area contributed by atoms with Crippen molar-refractivity contribution in [3.8, 4) is 5.75 Å². The van der Waals surface area contributed by atoms with Crippen LogP contribution >= 0.6 is 11.3 Å². The standard InChI is InChI=1S/C16H20N4O2S/c21-15(17-6-12-22-14-4-2-1-3-5-14)19-8-10-20(11-9-19)16-18-7-13-23-16/h1-5,7,13H,6,8-12H2,(H,17,21). The number of anilines is 1. The van der Waals surface area contributed by atoms with Crippen molar-refractivity contribution in [2.75, 3.05) is 44.2 Å². The Morgan fingerprint density at radius 3 is 2.70 bits per heavy atom. The summed E-state index contributed by atoms with van der Waals surface area (Å²) in [5.41, 5.74) is 0. The molecule has 23 heavy (non-hydrogen) atoms. The highest BCUT2D eigenvalue weighted by molar-refractivity contribution is 7.13. The Morgan fingerprint density at radius 2 is 2.00 bits per heavy atom. The Kier molecular flexibility index (Phi) is 5.31. The van der Waals surface area contributed by atoms with Crippen molar-refractivity contribution in [3.63, 3.8) is 0 Å². The molecule has 0 aliphatic carbocycles. The number of amides is 2. The number of carbonyl (C=O) groups excluding carboxylic acids is 1. The van der Waals surface area contributed by atoms with Crippen LogP contribution < -0.4 is 15.0 Å². The molecule has 0 spiro atoms. The number of carbonyl (C=O) groups is 1. The average Bonchev–Trinajstić information content (AvgIpc) is 3.14. The number of piperazine rings is 1. The zero-order chi connectivity index (χ0) is 15.9. The molecule has 0 atom stereocenters. The molecule has 2 amide bonds. The van der Waals surface area contributed by atoms with Crippen molar-refractivity contribution in [2.45, 2.75) is 0 Å². The molecule has 0 saturated carbocycles. The van der Waals surface area contributed by atoms with Gasteiger partial charge < -0.3 is 19.9 Å². The van der Waals surface area contributed by atoms with Gasteiger partial charge in [0.2, 0.25) is 0 Å². The first kappa shape index (κ1) is 15.6. The van der Waals surface area contributed by atoms with Gasteiger partial charge in [0.1, 0.15) is 12.4 Å². The first-order valence-electron chi connectivity index (χ1n) is 7.68. The highest BCUT2D eigenvalue weighted by Crippen LogP contribution is 2.18. The van der Waals surface area contributed by atoms with E-state index >= 15 is 0 Å². The molecule has 0 radical (unpaired) electrons. The highest BCUT2D eigenvalue weighted by Gasteiger charge is 2.21. The van der Waals surface area contributed by atoms with Gasteiger partial charge in [-0.25, -0.2) is 9.78 Å². The quantitative estimate of drug-likeness (QED) is 0.852. The smallest absolute Gasteiger partial charge is 0.317 e. The molecule has 1 aliphatic heterocycles. The van der Waals surface area contributed by atoms with Crippen LogP contribution in [0.2, 0.25) is 0 Å². The molecule has 1 aromatic heterocycles. The molecule has 3 rings (SSSR count). The van der Waals surface area contributed by atoms with Gasteiger partial charge in [-0.3, -0.25) is 0 Å². The number of nitrogens with one attached hydrogen (secondary N) is 1. The number of rotatable bonds is 5. The molecule has 2 aromatic rings. The van der Waals surface area contributed by atoms with E-state index in [2.05, 4.69) is 15.2 Å². The minimum atomic E-state index is -0.0274. The molecule has 2 heterocycles. The zero-order valence-corrected chi connectivity index (χ0v) is 13.7. The third kappa shape index (κ3) is 4.35. The summed E-state index contributed by atoms with van der Waals surface area (Å²) in [5, 5.41) is 5.91. The highest BCUT2D eigenvalue weighted by atomic mass is 32.1. The number of benzene rings is 1. The number of urea groups is 1. The predicted octanol–water partition coefficient (Wildman–Crippen LogP) is 2.05. The molecule has 6 nitrogen and oxygen atoms in total. The molecule has 0 bridgehead atoms. The molecule has 122 valence electrons. The summed E-state index contributed by atoms with van der Waals surface area (Å²) in [5.74, 6) is 0.818. The molecule has 0 unspecified atom stereocenters. The molecule has 1 aromatic carbocycles. The Bertz CT molecular complexity index is 598. The van der Waals surface area contributed by atoms with Crippen molar-refractivity contribution in [1.82, 2.24) is 15.2 Å². The van der Waals surface area contributed by atoms with Crippen LogP contribution in [0, 0.1) is 0 Å². The van der Waals surface area contributed by atoms with Gasteiger partial charge in [0.15, 0.2) is 5.13 Å². The fourth-order valence-corrected chi connectivity index (χ4v) is 3.13. The van der Waals surface area contributed by atoms with Crippen LogP contribution in [-0.4, -0.2) is 55.2 Å². The first-order valence-corrected chi connectivity index (χ1v) is 8.56. The number of ether oxygens (including phenoxy) is 1. The Hall–Kier alpha value is -2.28. The largest absolute Gasteiger partial charge is 0.492 e. The predicted molar refractivity (Wildman–Crippen MR) is 91.2 cm³/mol. The summed E-state index contributed by atoms with van der Waals surface area (Å²) in [6, 6.07) is 9.57. The average molecular weight is 332 g/mol. The summed E-state index contributed by atoms with van der Waals surface area (Å²) >= 11 is 1.63. The van der Waals surface area contributed by atoms with Crippen LogP contribution in [0.3, 0.4) is 0 Å². The summed E-state index contributed by atoms with van der Waals surface area (Å²) in [7, 11) is 0. The van der Waals surface area contributed by atoms with Crippen LogP contribution in [0.5, 0.6) is 5.75 Å². The van der Waals surface area contributed by atoms with Crippen LogP contribution in [-0.2, 0) is 0 Å². The van der Waals surface area contributed by atoms with Gasteiger partial charge in [0.25, 0.3) is 0 Å². The van der Waals surface area contributed by atoms with Gasteiger partial charge in [0.05, 0.1) is 6.54 Å². The first-order chi connectivity index (χ1) is 11.3. The maximum Gasteiger partial charge on any atom is 0.317 e. The van der Waals surface area contributed by atoms with E-state index in [0.29, 0.717) is 26.2 Å². The fourth-order valence-electron chi connectivity index (χ4n) is 2.43. The van der Waals surface area contributed by atoms with E-state index in [4.69, 9.17) is 4.74 Å². The van der Waals surface area contributed by atoms with Crippen LogP contribution in [0.1, 0.15) is 0 Å². The second kappa shape index (κ2) is 7.82. The molecular formula is C16H20N4O2S. The third-order valence-corrected chi connectivity index (χ3v) is 4.48. The Balaban J connectivity index is 1.35. The van der Waals surface area contributed by atoms with E-state index in [1.165, 1.54) is 0 Å². The second-order valence-electron chi connectivity index (χ2n) is 5.18. The Morgan fingerprint density at radius 1 is 1.22 bits per heavy atom. The number of para-hydroxylation sites is 1.